The van der Waals surface area contributed by atoms with Gasteiger partial charge in [-0.25, -0.2) is 4.79 Å². The normalized spacial score (nSPS) is 34.6. The highest BCUT2D eigenvalue weighted by atomic mass is 16.5. The standard InChI is InChI=1S/C13H21N3O3/c17-12-2-1-9-7-16(5-3-11(9)15-12)13(18)14-10-4-6-19-8-10/h9-11H,1-8H2,(H,14,18)(H,15,17). The first-order chi connectivity index (χ1) is 9.22. The summed E-state index contributed by atoms with van der Waals surface area (Å²) < 4.78 is 5.26. The van der Waals surface area contributed by atoms with E-state index in [1.54, 1.807) is 0 Å². The van der Waals surface area contributed by atoms with Crippen LogP contribution in [0.5, 0.6) is 0 Å². The first-order valence-electron chi connectivity index (χ1n) is 7.15. The molecule has 0 aromatic carbocycles. The number of ether oxygens (including phenoxy) is 1. The number of likely N-dealkylation sites (tertiary alicyclic amines) is 1. The second-order valence-electron chi connectivity index (χ2n) is 5.72. The fraction of sp³-hybridized carbons (Fsp3) is 0.846. The molecule has 3 unspecified atom stereocenters. The van der Waals surface area contributed by atoms with Gasteiger partial charge in [-0.1, -0.05) is 0 Å². The highest BCUT2D eigenvalue weighted by molar-refractivity contribution is 5.77. The Morgan fingerprint density at radius 1 is 1.37 bits per heavy atom. The zero-order valence-corrected chi connectivity index (χ0v) is 11.1. The number of hydrogen-bond acceptors (Lipinski definition) is 3. The molecule has 6 heteroatoms. The van der Waals surface area contributed by atoms with Gasteiger partial charge in [-0.15, -0.1) is 0 Å². The van der Waals surface area contributed by atoms with E-state index in [1.165, 1.54) is 0 Å². The van der Waals surface area contributed by atoms with Crippen molar-refractivity contribution in [3.05, 3.63) is 0 Å². The molecule has 0 bridgehead atoms. The SMILES string of the molecule is O=C1CCC2CN(C(=O)NC3CCOC3)CCC2N1. The summed E-state index contributed by atoms with van der Waals surface area (Å²) in [7, 11) is 0. The van der Waals surface area contributed by atoms with Gasteiger partial charge in [0.15, 0.2) is 0 Å². The predicted octanol–water partition coefficient (Wildman–Crippen LogP) is 0.0854. The van der Waals surface area contributed by atoms with E-state index in [0.717, 1.165) is 39.0 Å². The largest absolute Gasteiger partial charge is 0.379 e. The molecule has 0 spiro atoms. The van der Waals surface area contributed by atoms with Crippen LogP contribution in [0.4, 0.5) is 4.79 Å². The molecule has 0 radical (unpaired) electrons. The lowest BCUT2D eigenvalue weighted by Crippen LogP contribution is -2.57. The van der Waals surface area contributed by atoms with Crippen LogP contribution < -0.4 is 10.6 Å². The molecule has 3 aliphatic heterocycles. The Morgan fingerprint density at radius 3 is 3.05 bits per heavy atom. The van der Waals surface area contributed by atoms with Crippen LogP contribution in [0.2, 0.25) is 0 Å². The van der Waals surface area contributed by atoms with Crippen molar-refractivity contribution in [1.82, 2.24) is 15.5 Å². The van der Waals surface area contributed by atoms with Gasteiger partial charge in [0.2, 0.25) is 5.91 Å². The topological polar surface area (TPSA) is 70.7 Å². The van der Waals surface area contributed by atoms with Crippen LogP contribution in [0.25, 0.3) is 0 Å². The highest BCUT2D eigenvalue weighted by Gasteiger charge is 2.35. The zero-order valence-electron chi connectivity index (χ0n) is 11.1. The maximum atomic E-state index is 12.2. The van der Waals surface area contributed by atoms with Crippen molar-refractivity contribution in [2.75, 3.05) is 26.3 Å². The molecule has 3 saturated heterocycles. The number of rotatable bonds is 1. The van der Waals surface area contributed by atoms with Gasteiger partial charge >= 0.3 is 6.03 Å². The minimum atomic E-state index is 0.0193. The number of amides is 3. The van der Waals surface area contributed by atoms with E-state index in [4.69, 9.17) is 4.74 Å². The third-order valence-electron chi connectivity index (χ3n) is 4.37. The van der Waals surface area contributed by atoms with Crippen LogP contribution in [-0.4, -0.2) is 55.2 Å². The van der Waals surface area contributed by atoms with Gasteiger partial charge in [0.1, 0.15) is 0 Å². The van der Waals surface area contributed by atoms with Gasteiger partial charge in [0, 0.05) is 32.2 Å². The number of carbonyl (C=O) groups excluding carboxylic acids is 2. The minimum Gasteiger partial charge on any atom is -0.379 e. The average molecular weight is 267 g/mol. The average Bonchev–Trinajstić information content (AvgIpc) is 2.91. The Labute approximate surface area is 112 Å². The molecule has 3 heterocycles. The summed E-state index contributed by atoms with van der Waals surface area (Å²) in [5, 5.41) is 6.06. The fourth-order valence-corrected chi connectivity index (χ4v) is 3.21. The molecular weight excluding hydrogens is 246 g/mol. The molecule has 3 rings (SSSR count). The number of urea groups is 1. The molecule has 0 aromatic heterocycles. The molecule has 0 saturated carbocycles. The Kier molecular flexibility index (Phi) is 3.59. The Bertz CT molecular complexity index is 368. The van der Waals surface area contributed by atoms with Gasteiger partial charge in [0.25, 0.3) is 0 Å². The molecule has 0 aliphatic carbocycles. The maximum Gasteiger partial charge on any atom is 0.317 e. The molecule has 6 nitrogen and oxygen atoms in total. The summed E-state index contributed by atoms with van der Waals surface area (Å²) in [5.74, 6) is 0.569. The minimum absolute atomic E-state index is 0.0193. The van der Waals surface area contributed by atoms with Crippen molar-refractivity contribution in [2.24, 2.45) is 5.92 Å². The molecule has 106 valence electrons. The van der Waals surface area contributed by atoms with Gasteiger partial charge in [-0.05, 0) is 25.2 Å². The summed E-state index contributed by atoms with van der Waals surface area (Å²) in [4.78, 5) is 25.4. The molecule has 3 atom stereocenters. The fourth-order valence-electron chi connectivity index (χ4n) is 3.21. The van der Waals surface area contributed by atoms with Crippen molar-refractivity contribution in [1.29, 1.82) is 0 Å². The van der Waals surface area contributed by atoms with E-state index in [9.17, 15) is 9.59 Å². The van der Waals surface area contributed by atoms with E-state index in [0.29, 0.717) is 18.9 Å². The van der Waals surface area contributed by atoms with Gasteiger partial charge in [-0.2, -0.15) is 0 Å². The van der Waals surface area contributed by atoms with Crippen LogP contribution >= 0.6 is 0 Å². The lowest BCUT2D eigenvalue weighted by Gasteiger charge is -2.41. The second kappa shape index (κ2) is 5.36. The van der Waals surface area contributed by atoms with E-state index >= 15 is 0 Å². The molecule has 3 amide bonds. The number of piperidine rings is 2. The lowest BCUT2D eigenvalue weighted by molar-refractivity contribution is -0.125. The molecular formula is C13H21N3O3. The Morgan fingerprint density at radius 2 is 2.26 bits per heavy atom. The number of carbonyl (C=O) groups is 2. The van der Waals surface area contributed by atoms with Crippen molar-refractivity contribution in [2.45, 2.75) is 37.8 Å². The van der Waals surface area contributed by atoms with Gasteiger partial charge < -0.3 is 20.3 Å². The molecule has 3 fully saturated rings. The summed E-state index contributed by atoms with van der Waals surface area (Å²) in [6.45, 7) is 2.84. The second-order valence-corrected chi connectivity index (χ2v) is 5.72. The lowest BCUT2D eigenvalue weighted by atomic mass is 9.85. The number of nitrogens with one attached hydrogen (secondary N) is 2. The molecule has 0 aromatic rings. The summed E-state index contributed by atoms with van der Waals surface area (Å²) in [5.41, 5.74) is 0. The van der Waals surface area contributed by atoms with Crippen LogP contribution in [0.1, 0.15) is 25.7 Å². The van der Waals surface area contributed by atoms with Crippen LogP contribution in [0, 0.1) is 5.92 Å². The monoisotopic (exact) mass is 267 g/mol. The molecule has 19 heavy (non-hydrogen) atoms. The van der Waals surface area contributed by atoms with Crippen LogP contribution in [0.15, 0.2) is 0 Å². The van der Waals surface area contributed by atoms with E-state index < -0.39 is 0 Å². The first kappa shape index (κ1) is 12.7. The quantitative estimate of drug-likeness (QED) is 0.707. The highest BCUT2D eigenvalue weighted by Crippen LogP contribution is 2.25. The summed E-state index contributed by atoms with van der Waals surface area (Å²) >= 11 is 0. The third-order valence-corrected chi connectivity index (χ3v) is 4.37. The van der Waals surface area contributed by atoms with Gasteiger partial charge in [-0.3, -0.25) is 4.79 Å². The van der Waals surface area contributed by atoms with Crippen molar-refractivity contribution < 1.29 is 14.3 Å². The van der Waals surface area contributed by atoms with Crippen LogP contribution in [-0.2, 0) is 9.53 Å². The predicted molar refractivity (Wildman–Crippen MR) is 68.6 cm³/mol. The molecule has 2 N–H and O–H groups in total. The zero-order chi connectivity index (χ0) is 13.2. The Balaban J connectivity index is 1.52. The van der Waals surface area contributed by atoms with E-state index in [2.05, 4.69) is 10.6 Å². The van der Waals surface area contributed by atoms with Crippen molar-refractivity contribution >= 4 is 11.9 Å². The smallest absolute Gasteiger partial charge is 0.317 e. The first-order valence-corrected chi connectivity index (χ1v) is 7.15. The summed E-state index contributed by atoms with van der Waals surface area (Å²) in [6, 6.07) is 0.447. The summed E-state index contributed by atoms with van der Waals surface area (Å²) in [6.07, 6.45) is 3.26. The maximum absolute atomic E-state index is 12.2. The number of hydrogen-bond donors (Lipinski definition) is 2. The van der Waals surface area contributed by atoms with Gasteiger partial charge in [0.05, 0.1) is 12.6 Å². The molecule has 3 aliphatic rings. The van der Waals surface area contributed by atoms with E-state index in [-0.39, 0.29) is 24.0 Å². The van der Waals surface area contributed by atoms with Crippen molar-refractivity contribution in [3.63, 3.8) is 0 Å². The number of nitrogens with zero attached hydrogens (tertiary/aromatic N) is 1. The van der Waals surface area contributed by atoms with Crippen LogP contribution in [0.3, 0.4) is 0 Å². The Hall–Kier alpha value is -1.30. The van der Waals surface area contributed by atoms with E-state index in [1.807, 2.05) is 4.90 Å². The number of fused-ring (bicyclic) bond motifs is 1. The third kappa shape index (κ3) is 2.83. The van der Waals surface area contributed by atoms with Crippen molar-refractivity contribution in [3.8, 4) is 0 Å².